The first-order valence-corrected chi connectivity index (χ1v) is 3.06. The Morgan fingerprint density at radius 2 is 2.64 bits per heavy atom. The number of aryl methyl sites for hydroxylation is 1. The fourth-order valence-electron chi connectivity index (χ4n) is 0.783. The molecule has 0 aliphatic rings. The normalized spacial score (nSPS) is 11.5. The fourth-order valence-corrected chi connectivity index (χ4v) is 0.783. The van der Waals surface area contributed by atoms with E-state index in [0.717, 1.165) is 0 Å². The van der Waals surface area contributed by atoms with E-state index in [9.17, 15) is 0 Å². The lowest BCUT2D eigenvalue weighted by Crippen LogP contribution is -1.87. The zero-order chi connectivity index (χ0) is 8.55. The van der Waals surface area contributed by atoms with E-state index >= 15 is 0 Å². The van der Waals surface area contributed by atoms with Crippen LogP contribution in [0.3, 0.4) is 0 Å². The van der Waals surface area contributed by atoms with E-state index in [-0.39, 0.29) is 12.3 Å². The molecule has 11 heavy (non-hydrogen) atoms. The Morgan fingerprint density at radius 1 is 1.73 bits per heavy atom. The molecule has 5 heteroatoms. The quantitative estimate of drug-likeness (QED) is 0.594. The molecule has 56 valence electrons. The van der Waals surface area contributed by atoms with Crippen molar-refractivity contribution in [1.29, 1.82) is 0 Å². The molecule has 0 N–H and O–H groups in total. The number of rotatable bonds is 1. The fraction of sp³-hybridized carbons (Fsp3) is 0.167. The number of hydrogen-bond acceptors (Lipinski definition) is 4. The molecule has 0 aliphatic heterocycles. The lowest BCUT2D eigenvalue weighted by atomic mass is 10.4. The minimum Gasteiger partial charge on any atom is -0.422 e. The summed E-state index contributed by atoms with van der Waals surface area (Å²) >= 11 is 0. The highest BCUT2D eigenvalue weighted by molar-refractivity contribution is 5.43. The third-order valence-corrected chi connectivity index (χ3v) is 1.26. The van der Waals surface area contributed by atoms with Gasteiger partial charge in [-0.15, -0.1) is 10.2 Å². The van der Waals surface area contributed by atoms with E-state index in [0.29, 0.717) is 5.69 Å². The maximum absolute atomic E-state index is 7.00. The van der Waals surface area contributed by atoms with Crippen LogP contribution in [-0.4, -0.2) is 20.0 Å². The van der Waals surface area contributed by atoms with E-state index in [1.807, 2.05) is 0 Å². The number of aromatic nitrogens is 4. The van der Waals surface area contributed by atoms with Crippen LogP contribution in [0, 0.1) is 0 Å². The monoisotopic (exact) mass is 151 g/mol. The highest BCUT2D eigenvalue weighted by Gasteiger charge is 2.04. The van der Waals surface area contributed by atoms with E-state index < -0.39 is 0 Å². The van der Waals surface area contributed by atoms with Gasteiger partial charge in [-0.25, -0.2) is 0 Å². The van der Waals surface area contributed by atoms with Crippen LogP contribution in [0.4, 0.5) is 0 Å². The highest BCUT2D eigenvalue weighted by atomic mass is 16.4. The second kappa shape index (κ2) is 2.19. The van der Waals surface area contributed by atoms with Crippen LogP contribution in [0.15, 0.2) is 23.1 Å². The molecule has 0 atom stereocenters. The van der Waals surface area contributed by atoms with Crippen molar-refractivity contribution >= 4 is 0 Å². The predicted molar refractivity (Wildman–Crippen MR) is 36.5 cm³/mol. The average molecular weight is 151 g/mol. The molecular weight excluding hydrogens is 144 g/mol. The van der Waals surface area contributed by atoms with E-state index in [1.165, 1.54) is 0 Å². The smallest absolute Gasteiger partial charge is 0.267 e. The van der Waals surface area contributed by atoms with Crippen molar-refractivity contribution in [2.45, 2.75) is 0 Å². The van der Waals surface area contributed by atoms with Gasteiger partial charge in [-0.3, -0.25) is 4.68 Å². The lowest BCUT2D eigenvalue weighted by Gasteiger charge is -1.84. The molecule has 0 spiro atoms. The lowest BCUT2D eigenvalue weighted by molar-refractivity contribution is 0.564. The SMILES string of the molecule is [2H]c1nnc(-c2ccn(C)n2)o1. The van der Waals surface area contributed by atoms with Gasteiger partial charge < -0.3 is 4.42 Å². The first-order chi connectivity index (χ1) is 5.75. The Kier molecular flexibility index (Phi) is 1.01. The van der Waals surface area contributed by atoms with Gasteiger partial charge in [-0.2, -0.15) is 5.10 Å². The van der Waals surface area contributed by atoms with Gasteiger partial charge in [0.15, 0.2) is 0 Å². The highest BCUT2D eigenvalue weighted by Crippen LogP contribution is 2.11. The molecule has 0 fully saturated rings. The van der Waals surface area contributed by atoms with Gasteiger partial charge in [-0.05, 0) is 6.07 Å². The Hall–Kier alpha value is -1.65. The van der Waals surface area contributed by atoms with Crippen LogP contribution in [0.25, 0.3) is 11.6 Å². The van der Waals surface area contributed by atoms with Gasteiger partial charge in [0.2, 0.25) is 6.37 Å². The number of hydrogen-bond donors (Lipinski definition) is 0. The summed E-state index contributed by atoms with van der Waals surface area (Å²) in [6, 6.07) is 1.74. The molecule has 0 aromatic carbocycles. The molecule has 2 rings (SSSR count). The third kappa shape index (κ3) is 1.000. The molecule has 5 nitrogen and oxygen atoms in total. The molecule has 0 saturated heterocycles. The van der Waals surface area contributed by atoms with Crippen LogP contribution >= 0.6 is 0 Å². The topological polar surface area (TPSA) is 56.7 Å². The molecule has 2 aromatic rings. The summed E-state index contributed by atoms with van der Waals surface area (Å²) in [7, 11) is 1.79. The second-order valence-electron chi connectivity index (χ2n) is 2.07. The van der Waals surface area contributed by atoms with Gasteiger partial charge in [0.25, 0.3) is 5.89 Å². The van der Waals surface area contributed by atoms with Crippen molar-refractivity contribution in [3.05, 3.63) is 18.6 Å². The Balaban J connectivity index is 2.43. The summed E-state index contributed by atoms with van der Waals surface area (Å²) in [5.74, 6) is 0.278. The molecule has 0 bridgehead atoms. The maximum Gasteiger partial charge on any atom is 0.267 e. The maximum atomic E-state index is 7.00. The van der Waals surface area contributed by atoms with Crippen LogP contribution in [0.5, 0.6) is 0 Å². The van der Waals surface area contributed by atoms with Crippen molar-refractivity contribution in [1.82, 2.24) is 20.0 Å². The van der Waals surface area contributed by atoms with E-state index in [2.05, 4.69) is 15.3 Å². The molecular formula is C6H6N4O. The van der Waals surface area contributed by atoms with Gasteiger partial charge in [0.05, 0.1) is 0 Å². The minimum absolute atomic E-state index is 0.198. The Labute approximate surface area is 64.1 Å². The first-order valence-electron chi connectivity index (χ1n) is 3.56. The molecule has 0 aliphatic carbocycles. The second-order valence-corrected chi connectivity index (χ2v) is 2.07. The van der Waals surface area contributed by atoms with Gasteiger partial charge >= 0.3 is 0 Å². The van der Waals surface area contributed by atoms with Crippen LogP contribution in [0.1, 0.15) is 1.37 Å². The molecule has 2 aromatic heterocycles. The van der Waals surface area contributed by atoms with Gasteiger partial charge in [0, 0.05) is 13.2 Å². The summed E-state index contributed by atoms with van der Waals surface area (Å²) in [4.78, 5) is 0. The van der Waals surface area contributed by atoms with Gasteiger partial charge in [-0.1, -0.05) is 0 Å². The molecule has 2 heterocycles. The summed E-state index contributed by atoms with van der Waals surface area (Å²) in [6.45, 7) is 0. The standard InChI is InChI=1S/C6H6N4O/c1-10-3-2-5(9-10)6-8-7-4-11-6/h2-4H,1H3/i4D. The predicted octanol–water partition coefficient (Wildman–Crippen LogP) is 0.470. The Morgan fingerprint density at radius 3 is 3.18 bits per heavy atom. The summed E-state index contributed by atoms with van der Waals surface area (Å²) < 4.78 is 13.5. The molecule has 0 radical (unpaired) electrons. The van der Waals surface area contributed by atoms with Crippen molar-refractivity contribution in [2.75, 3.05) is 0 Å². The summed E-state index contributed by atoms with van der Waals surface area (Å²) in [5, 5.41) is 11.1. The van der Waals surface area contributed by atoms with Crippen LogP contribution in [-0.2, 0) is 7.05 Å². The van der Waals surface area contributed by atoms with Crippen LogP contribution in [0.2, 0.25) is 0 Å². The largest absolute Gasteiger partial charge is 0.422 e. The van der Waals surface area contributed by atoms with Gasteiger partial charge in [0.1, 0.15) is 7.06 Å². The zero-order valence-electron chi connectivity index (χ0n) is 6.85. The van der Waals surface area contributed by atoms with Crippen molar-refractivity contribution < 1.29 is 5.79 Å². The van der Waals surface area contributed by atoms with Crippen molar-refractivity contribution in [2.24, 2.45) is 7.05 Å². The molecule has 0 unspecified atom stereocenters. The van der Waals surface area contributed by atoms with E-state index in [1.54, 1.807) is 24.0 Å². The summed E-state index contributed by atoms with van der Waals surface area (Å²) in [6.07, 6.45) is 1.57. The zero-order valence-corrected chi connectivity index (χ0v) is 5.85. The average Bonchev–Trinajstić information content (AvgIpc) is 2.58. The Bertz CT molecular complexity index is 355. The molecule has 0 amide bonds. The summed E-state index contributed by atoms with van der Waals surface area (Å²) in [5.41, 5.74) is 0.587. The minimum atomic E-state index is -0.198. The third-order valence-electron chi connectivity index (χ3n) is 1.26. The first kappa shape index (κ1) is 5.06. The van der Waals surface area contributed by atoms with Crippen LogP contribution < -0.4 is 0 Å². The van der Waals surface area contributed by atoms with E-state index in [4.69, 9.17) is 5.79 Å². The van der Waals surface area contributed by atoms with Crippen molar-refractivity contribution in [3.63, 3.8) is 0 Å². The van der Waals surface area contributed by atoms with Crippen molar-refractivity contribution in [3.8, 4) is 11.6 Å². The number of nitrogens with zero attached hydrogens (tertiary/aromatic N) is 4. The molecule has 0 saturated carbocycles.